The summed E-state index contributed by atoms with van der Waals surface area (Å²) in [6.45, 7) is 3.24. The molecule has 0 amide bonds. The van der Waals surface area contributed by atoms with E-state index in [1.165, 1.54) is 22.1 Å². The number of carboxylic acid groups (broad SMARTS) is 1. The molecule has 10 nitrogen and oxygen atoms in total. The second-order valence-electron chi connectivity index (χ2n) is 13.0. The highest BCUT2D eigenvalue weighted by Crippen LogP contribution is 2.39. The quantitative estimate of drug-likeness (QED) is 0.185. The topological polar surface area (TPSA) is 128 Å². The second-order valence-corrected chi connectivity index (χ2v) is 14.3. The molecule has 5 heterocycles. The lowest BCUT2D eigenvalue weighted by molar-refractivity contribution is -0.0286. The SMILES string of the molecule is Cc1nc2cnc(N(C)C3CCN(C4CC(C(F)F)C4)CC3)c(C#N)c2c(=O)n1CC#Cc1ccc(Cl)cc1-c1ccnc2c(C(=O)O)csc12. The maximum atomic E-state index is 14.0. The predicted octanol–water partition coefficient (Wildman–Crippen LogP) is 6.60. The van der Waals surface area contributed by atoms with Gasteiger partial charge in [-0.25, -0.2) is 23.5 Å². The van der Waals surface area contributed by atoms with Crippen molar-refractivity contribution >= 4 is 55.8 Å². The van der Waals surface area contributed by atoms with E-state index in [4.69, 9.17) is 11.6 Å². The van der Waals surface area contributed by atoms with Crippen LogP contribution in [-0.4, -0.2) is 74.1 Å². The Hall–Kier alpha value is -4.95. The Labute approximate surface area is 300 Å². The molecule has 1 aliphatic heterocycles. The monoisotopic (exact) mass is 727 g/mol. The van der Waals surface area contributed by atoms with Gasteiger partial charge in [-0.1, -0.05) is 23.4 Å². The molecule has 14 heteroatoms. The Balaban J connectivity index is 1.16. The largest absolute Gasteiger partial charge is 0.478 e. The van der Waals surface area contributed by atoms with E-state index in [2.05, 4.69) is 37.8 Å². The number of benzene rings is 1. The van der Waals surface area contributed by atoms with E-state index in [-0.39, 0.29) is 35.1 Å². The number of anilines is 1. The number of likely N-dealkylation sites (tertiary alicyclic amines) is 1. The molecule has 0 atom stereocenters. The molecule has 260 valence electrons. The Morgan fingerprint density at radius 1 is 1.20 bits per heavy atom. The van der Waals surface area contributed by atoms with Crippen molar-refractivity contribution in [3.63, 3.8) is 0 Å². The number of carbonyl (C=O) groups is 1. The van der Waals surface area contributed by atoms with E-state index in [9.17, 15) is 28.7 Å². The first-order valence-electron chi connectivity index (χ1n) is 16.5. The Morgan fingerprint density at radius 2 is 1.96 bits per heavy atom. The first-order valence-corrected chi connectivity index (χ1v) is 17.7. The number of alkyl halides is 2. The zero-order valence-electron chi connectivity index (χ0n) is 27.7. The molecular formula is C37H32ClF2N7O3S. The molecule has 5 aromatic rings. The minimum absolute atomic E-state index is 0.00595. The van der Waals surface area contributed by atoms with Crippen LogP contribution in [0.5, 0.6) is 0 Å². The van der Waals surface area contributed by atoms with Crippen LogP contribution in [0.15, 0.2) is 46.8 Å². The van der Waals surface area contributed by atoms with Crippen molar-refractivity contribution in [2.24, 2.45) is 5.92 Å². The van der Waals surface area contributed by atoms with Crippen molar-refractivity contribution in [3.8, 4) is 29.0 Å². The molecule has 1 aliphatic carbocycles. The third kappa shape index (κ3) is 6.42. The lowest BCUT2D eigenvalue weighted by Crippen LogP contribution is -2.52. The lowest BCUT2D eigenvalue weighted by Gasteiger charge is -2.46. The molecule has 0 bridgehead atoms. The number of aryl methyl sites for hydroxylation is 1. The molecule has 0 unspecified atom stereocenters. The van der Waals surface area contributed by atoms with Crippen LogP contribution >= 0.6 is 22.9 Å². The fraction of sp³-hybridized carbons (Fsp3) is 0.351. The number of piperidine rings is 1. The number of nitriles is 1. The van der Waals surface area contributed by atoms with Gasteiger partial charge in [-0.3, -0.25) is 14.3 Å². The summed E-state index contributed by atoms with van der Waals surface area (Å²) in [5, 5.41) is 22.1. The fourth-order valence-corrected chi connectivity index (χ4v) is 8.37. The summed E-state index contributed by atoms with van der Waals surface area (Å²) in [6.07, 6.45) is 3.46. The molecule has 0 spiro atoms. The molecule has 1 N–H and O–H groups in total. The van der Waals surface area contributed by atoms with Gasteiger partial charge in [0.15, 0.2) is 0 Å². The maximum absolute atomic E-state index is 14.0. The fourth-order valence-electron chi connectivity index (χ4n) is 7.17. The number of rotatable bonds is 7. The number of carboxylic acids is 1. The van der Waals surface area contributed by atoms with Crippen LogP contribution in [0, 0.1) is 36.0 Å². The highest BCUT2D eigenvalue weighted by molar-refractivity contribution is 7.18. The van der Waals surface area contributed by atoms with Crippen LogP contribution in [0.1, 0.15) is 53.0 Å². The molecule has 1 aromatic carbocycles. The van der Waals surface area contributed by atoms with Crippen molar-refractivity contribution in [1.82, 2.24) is 24.4 Å². The smallest absolute Gasteiger partial charge is 0.338 e. The number of hydrogen-bond acceptors (Lipinski definition) is 9. The Kier molecular flexibility index (Phi) is 9.46. The van der Waals surface area contributed by atoms with E-state index in [1.54, 1.807) is 42.8 Å². The Morgan fingerprint density at radius 3 is 2.67 bits per heavy atom. The van der Waals surface area contributed by atoms with Gasteiger partial charge < -0.3 is 14.9 Å². The summed E-state index contributed by atoms with van der Waals surface area (Å²) in [5.74, 6) is 5.50. The highest BCUT2D eigenvalue weighted by atomic mass is 35.5. The number of halogens is 3. The number of aromatic nitrogens is 4. The van der Waals surface area contributed by atoms with Crippen LogP contribution in [0.2, 0.25) is 5.02 Å². The summed E-state index contributed by atoms with van der Waals surface area (Å²) < 4.78 is 28.1. The van der Waals surface area contributed by atoms with Crippen molar-refractivity contribution < 1.29 is 18.7 Å². The first-order chi connectivity index (χ1) is 24.5. The number of aromatic carboxylic acids is 1. The summed E-state index contributed by atoms with van der Waals surface area (Å²) >= 11 is 7.66. The molecule has 51 heavy (non-hydrogen) atoms. The van der Waals surface area contributed by atoms with Gasteiger partial charge in [-0.15, -0.1) is 11.3 Å². The molecule has 4 aromatic heterocycles. The normalized spacial score (nSPS) is 18.0. The van der Waals surface area contributed by atoms with Crippen LogP contribution in [0.25, 0.3) is 32.2 Å². The minimum atomic E-state index is -2.26. The number of fused-ring (bicyclic) bond motifs is 2. The molecule has 1 saturated carbocycles. The van der Waals surface area contributed by atoms with Crippen molar-refractivity contribution in [3.05, 3.63) is 79.9 Å². The summed E-state index contributed by atoms with van der Waals surface area (Å²) in [4.78, 5) is 43.5. The molecular weight excluding hydrogens is 696 g/mol. The first kappa shape index (κ1) is 34.5. The van der Waals surface area contributed by atoms with Gasteiger partial charge >= 0.3 is 5.97 Å². The summed E-state index contributed by atoms with van der Waals surface area (Å²) in [6, 6.07) is 9.52. The van der Waals surface area contributed by atoms with E-state index in [0.717, 1.165) is 31.5 Å². The average molecular weight is 728 g/mol. The summed E-state index contributed by atoms with van der Waals surface area (Å²) in [5.41, 5.74) is 2.63. The predicted molar refractivity (Wildman–Crippen MR) is 193 cm³/mol. The Bertz CT molecular complexity index is 2350. The average Bonchev–Trinajstić information content (AvgIpc) is 3.54. The van der Waals surface area contributed by atoms with Gasteiger partial charge in [-0.2, -0.15) is 5.26 Å². The number of pyridine rings is 2. The van der Waals surface area contributed by atoms with Crippen molar-refractivity contribution in [2.75, 3.05) is 25.0 Å². The summed E-state index contributed by atoms with van der Waals surface area (Å²) in [7, 11) is 1.87. The molecule has 0 radical (unpaired) electrons. The van der Waals surface area contributed by atoms with Crippen LogP contribution in [0.4, 0.5) is 14.6 Å². The zero-order chi connectivity index (χ0) is 36.0. The van der Waals surface area contributed by atoms with Gasteiger partial charge in [0.25, 0.3) is 5.56 Å². The third-order valence-electron chi connectivity index (χ3n) is 10.1. The molecule has 1 saturated heterocycles. The van der Waals surface area contributed by atoms with Gasteiger partial charge in [0.05, 0.1) is 39.4 Å². The maximum Gasteiger partial charge on any atom is 0.338 e. The van der Waals surface area contributed by atoms with Gasteiger partial charge in [-0.05, 0) is 56.9 Å². The minimum Gasteiger partial charge on any atom is -0.478 e. The van der Waals surface area contributed by atoms with Gasteiger partial charge in [0, 0.05) is 71.4 Å². The number of thiophene rings is 1. The molecule has 2 fully saturated rings. The van der Waals surface area contributed by atoms with Crippen molar-refractivity contribution in [2.45, 2.75) is 57.7 Å². The van der Waals surface area contributed by atoms with Gasteiger partial charge in [0.1, 0.15) is 23.3 Å². The van der Waals surface area contributed by atoms with Crippen LogP contribution in [-0.2, 0) is 6.54 Å². The van der Waals surface area contributed by atoms with Crippen LogP contribution in [0.3, 0.4) is 0 Å². The standard InChI is InChI=1S/C37H32ClF2N7O3S/c1-20-44-30-18-43-35(45(2)24-8-12-46(13-9-24)25-14-22(15-25)34(39)40)28(17-41)31(30)36(48)47(20)11-3-4-21-5-6-23(38)16-27(21)26-7-10-42-32-29(37(49)50)19-51-33(26)32/h5-7,10,16,18-19,22,24-25,34H,8-9,11-15H2,1-2H3,(H,49,50). The van der Waals surface area contributed by atoms with E-state index in [0.29, 0.717) is 56.4 Å². The van der Waals surface area contributed by atoms with E-state index < -0.39 is 23.9 Å². The lowest BCUT2D eigenvalue weighted by atomic mass is 9.78. The molecule has 7 rings (SSSR count). The number of hydrogen-bond donors (Lipinski definition) is 1. The third-order valence-corrected chi connectivity index (χ3v) is 11.3. The number of nitrogens with zero attached hydrogens (tertiary/aromatic N) is 7. The molecule has 2 aliphatic rings. The van der Waals surface area contributed by atoms with E-state index in [1.807, 2.05) is 11.9 Å². The van der Waals surface area contributed by atoms with Crippen molar-refractivity contribution in [1.29, 1.82) is 5.26 Å². The highest BCUT2D eigenvalue weighted by Gasteiger charge is 2.40. The zero-order valence-corrected chi connectivity index (χ0v) is 29.3. The van der Waals surface area contributed by atoms with E-state index >= 15 is 0 Å². The van der Waals surface area contributed by atoms with Crippen LogP contribution < -0.4 is 10.5 Å². The van der Waals surface area contributed by atoms with Gasteiger partial charge in [0.2, 0.25) is 6.43 Å². The second kappa shape index (κ2) is 14.0.